The Labute approximate surface area is 130 Å². The largest absolute Gasteiger partial charge is 0.465 e. The lowest BCUT2D eigenvalue weighted by Gasteiger charge is -2.06. The highest BCUT2D eigenvalue weighted by atomic mass is 32.1. The minimum absolute atomic E-state index is 0.325. The fourth-order valence-corrected chi connectivity index (χ4v) is 3.26. The van der Waals surface area contributed by atoms with Crippen LogP contribution in [-0.4, -0.2) is 28.8 Å². The number of anilines is 1. The zero-order valence-electron chi connectivity index (χ0n) is 12.0. The maximum Gasteiger partial charge on any atom is 0.350 e. The van der Waals surface area contributed by atoms with Gasteiger partial charge in [0, 0.05) is 23.3 Å². The van der Waals surface area contributed by atoms with Gasteiger partial charge in [0.25, 0.3) is 5.91 Å². The standard InChI is InChI=1S/C15H13N3O3S/c1-18-10(7-8-16-18)14(19)17-12-9-5-3-4-6-11(9)22-13(12)15(20)21-2/h3-8H,1-2H3,(H,17,19). The molecule has 112 valence electrons. The summed E-state index contributed by atoms with van der Waals surface area (Å²) in [5.41, 5.74) is 0.879. The zero-order valence-corrected chi connectivity index (χ0v) is 12.8. The van der Waals surface area contributed by atoms with Crippen LogP contribution in [0.4, 0.5) is 5.69 Å². The number of hydrogen-bond donors (Lipinski definition) is 1. The average Bonchev–Trinajstić information content (AvgIpc) is 3.11. The molecular weight excluding hydrogens is 302 g/mol. The number of amides is 1. The summed E-state index contributed by atoms with van der Waals surface area (Å²) in [6.45, 7) is 0. The number of nitrogens with one attached hydrogen (secondary N) is 1. The van der Waals surface area contributed by atoms with Crippen LogP contribution in [0, 0.1) is 0 Å². The number of ether oxygens (including phenoxy) is 1. The molecule has 0 fully saturated rings. The van der Waals surface area contributed by atoms with Gasteiger partial charge in [-0.1, -0.05) is 18.2 Å². The predicted molar refractivity (Wildman–Crippen MR) is 84.3 cm³/mol. The van der Waals surface area contributed by atoms with E-state index in [1.54, 1.807) is 19.3 Å². The number of aromatic nitrogens is 2. The van der Waals surface area contributed by atoms with E-state index in [1.807, 2.05) is 24.3 Å². The summed E-state index contributed by atoms with van der Waals surface area (Å²) in [5, 5.41) is 7.58. The van der Waals surface area contributed by atoms with E-state index in [1.165, 1.54) is 23.1 Å². The highest BCUT2D eigenvalue weighted by molar-refractivity contribution is 7.21. The molecule has 0 saturated carbocycles. The average molecular weight is 315 g/mol. The molecule has 22 heavy (non-hydrogen) atoms. The lowest BCUT2D eigenvalue weighted by Crippen LogP contribution is -2.17. The van der Waals surface area contributed by atoms with Crippen LogP contribution in [0.5, 0.6) is 0 Å². The highest BCUT2D eigenvalue weighted by Gasteiger charge is 2.21. The first kappa shape index (κ1) is 14.3. The Morgan fingerprint density at radius 1 is 1.27 bits per heavy atom. The monoisotopic (exact) mass is 315 g/mol. The van der Waals surface area contributed by atoms with Gasteiger partial charge < -0.3 is 10.1 Å². The summed E-state index contributed by atoms with van der Waals surface area (Å²) in [7, 11) is 3.00. The van der Waals surface area contributed by atoms with Gasteiger partial charge in [0.15, 0.2) is 0 Å². The van der Waals surface area contributed by atoms with Crippen LogP contribution in [0.25, 0.3) is 10.1 Å². The second-order valence-electron chi connectivity index (χ2n) is 4.59. The Balaban J connectivity index is 2.07. The first-order chi connectivity index (χ1) is 10.6. The van der Waals surface area contributed by atoms with Crippen molar-refractivity contribution in [1.82, 2.24) is 9.78 Å². The van der Waals surface area contributed by atoms with Gasteiger partial charge in [0.2, 0.25) is 0 Å². The molecule has 3 aromatic rings. The minimum atomic E-state index is -0.471. The Morgan fingerprint density at radius 3 is 2.73 bits per heavy atom. The molecule has 1 N–H and O–H groups in total. The maximum atomic E-state index is 12.4. The van der Waals surface area contributed by atoms with E-state index < -0.39 is 5.97 Å². The smallest absolute Gasteiger partial charge is 0.350 e. The van der Waals surface area contributed by atoms with Crippen molar-refractivity contribution in [2.24, 2.45) is 7.05 Å². The lowest BCUT2D eigenvalue weighted by atomic mass is 10.2. The molecular formula is C15H13N3O3S. The van der Waals surface area contributed by atoms with Crippen LogP contribution in [0.2, 0.25) is 0 Å². The number of methoxy groups -OCH3 is 1. The number of hydrogen-bond acceptors (Lipinski definition) is 5. The topological polar surface area (TPSA) is 73.2 Å². The first-order valence-electron chi connectivity index (χ1n) is 6.51. The van der Waals surface area contributed by atoms with Gasteiger partial charge in [-0.15, -0.1) is 11.3 Å². The van der Waals surface area contributed by atoms with Gasteiger partial charge in [0.1, 0.15) is 10.6 Å². The number of carbonyl (C=O) groups is 2. The minimum Gasteiger partial charge on any atom is -0.465 e. The van der Waals surface area contributed by atoms with Crippen LogP contribution < -0.4 is 5.32 Å². The van der Waals surface area contributed by atoms with E-state index in [0.29, 0.717) is 16.3 Å². The van der Waals surface area contributed by atoms with Crippen molar-refractivity contribution in [3.63, 3.8) is 0 Å². The van der Waals surface area contributed by atoms with Gasteiger partial charge in [-0.05, 0) is 12.1 Å². The molecule has 0 aliphatic rings. The molecule has 7 heteroatoms. The summed E-state index contributed by atoms with van der Waals surface area (Å²) < 4.78 is 7.18. The first-order valence-corrected chi connectivity index (χ1v) is 7.32. The number of benzene rings is 1. The van der Waals surface area contributed by atoms with E-state index in [4.69, 9.17) is 4.74 Å². The van der Waals surface area contributed by atoms with Crippen LogP contribution in [0.3, 0.4) is 0 Å². The number of rotatable bonds is 3. The molecule has 0 unspecified atom stereocenters. The molecule has 0 aliphatic carbocycles. The molecule has 3 rings (SSSR count). The fourth-order valence-electron chi connectivity index (χ4n) is 2.18. The van der Waals surface area contributed by atoms with E-state index in [2.05, 4.69) is 10.4 Å². The SMILES string of the molecule is COC(=O)c1sc2ccccc2c1NC(=O)c1ccnn1C. The number of nitrogens with zero attached hydrogens (tertiary/aromatic N) is 2. The van der Waals surface area contributed by atoms with Gasteiger partial charge in [-0.2, -0.15) is 5.10 Å². The Hall–Kier alpha value is -2.67. The summed E-state index contributed by atoms with van der Waals surface area (Å²) >= 11 is 1.29. The Bertz CT molecular complexity index is 866. The quantitative estimate of drug-likeness (QED) is 0.754. The van der Waals surface area contributed by atoms with Gasteiger partial charge >= 0.3 is 5.97 Å². The van der Waals surface area contributed by atoms with Crippen molar-refractivity contribution in [2.45, 2.75) is 0 Å². The van der Waals surface area contributed by atoms with Crippen LogP contribution in [0.1, 0.15) is 20.2 Å². The second kappa shape index (κ2) is 5.61. The summed E-state index contributed by atoms with van der Waals surface area (Å²) in [5.74, 6) is -0.796. The molecule has 0 radical (unpaired) electrons. The van der Waals surface area contributed by atoms with Crippen LogP contribution in [0.15, 0.2) is 36.5 Å². The third-order valence-electron chi connectivity index (χ3n) is 3.26. The number of fused-ring (bicyclic) bond motifs is 1. The third-order valence-corrected chi connectivity index (χ3v) is 4.41. The van der Waals surface area contributed by atoms with Crippen molar-refractivity contribution >= 4 is 39.0 Å². The lowest BCUT2D eigenvalue weighted by molar-refractivity contribution is 0.0607. The molecule has 6 nitrogen and oxygen atoms in total. The number of carbonyl (C=O) groups excluding carboxylic acids is 2. The van der Waals surface area contributed by atoms with Crippen molar-refractivity contribution in [3.8, 4) is 0 Å². The predicted octanol–water partition coefficient (Wildman–Crippen LogP) is 2.67. The van der Waals surface area contributed by atoms with Crippen molar-refractivity contribution in [2.75, 3.05) is 12.4 Å². The molecule has 2 aromatic heterocycles. The summed E-state index contributed by atoms with van der Waals surface area (Å²) in [6.07, 6.45) is 1.54. The van der Waals surface area contributed by atoms with Crippen molar-refractivity contribution in [1.29, 1.82) is 0 Å². The van der Waals surface area contributed by atoms with Crippen molar-refractivity contribution < 1.29 is 14.3 Å². The Morgan fingerprint density at radius 2 is 2.05 bits per heavy atom. The molecule has 2 heterocycles. The summed E-state index contributed by atoms with van der Waals surface area (Å²) in [6, 6.07) is 9.10. The van der Waals surface area contributed by atoms with Gasteiger partial charge in [-0.25, -0.2) is 4.79 Å². The Kier molecular flexibility index (Phi) is 3.64. The molecule has 0 bridgehead atoms. The molecule has 1 aromatic carbocycles. The van der Waals surface area contributed by atoms with Crippen molar-refractivity contribution in [3.05, 3.63) is 47.1 Å². The van der Waals surface area contributed by atoms with E-state index in [0.717, 1.165) is 10.1 Å². The summed E-state index contributed by atoms with van der Waals surface area (Å²) in [4.78, 5) is 24.7. The van der Waals surface area contributed by atoms with Gasteiger partial charge in [0.05, 0.1) is 12.8 Å². The van der Waals surface area contributed by atoms with Crippen LogP contribution >= 0.6 is 11.3 Å². The number of esters is 1. The van der Waals surface area contributed by atoms with E-state index in [-0.39, 0.29) is 5.91 Å². The highest BCUT2D eigenvalue weighted by Crippen LogP contribution is 2.36. The number of thiophene rings is 1. The molecule has 0 aliphatic heterocycles. The maximum absolute atomic E-state index is 12.4. The van der Waals surface area contributed by atoms with E-state index >= 15 is 0 Å². The normalized spacial score (nSPS) is 10.6. The third kappa shape index (κ3) is 2.35. The molecule has 1 amide bonds. The fraction of sp³-hybridized carbons (Fsp3) is 0.133. The molecule has 0 atom stereocenters. The molecule has 0 saturated heterocycles. The second-order valence-corrected chi connectivity index (χ2v) is 5.64. The van der Waals surface area contributed by atoms with Gasteiger partial charge in [-0.3, -0.25) is 9.48 Å². The number of aryl methyl sites for hydroxylation is 1. The van der Waals surface area contributed by atoms with Crippen LogP contribution in [-0.2, 0) is 11.8 Å². The molecule has 0 spiro atoms. The van der Waals surface area contributed by atoms with E-state index in [9.17, 15) is 9.59 Å². The zero-order chi connectivity index (χ0) is 15.7.